The summed E-state index contributed by atoms with van der Waals surface area (Å²) < 4.78 is 7.60. The Morgan fingerprint density at radius 3 is 2.29 bits per heavy atom. The molecule has 236 valence electrons. The molecule has 0 saturated carbocycles. The molecule has 2 saturated heterocycles. The van der Waals surface area contributed by atoms with Crippen molar-refractivity contribution in [3.8, 4) is 0 Å². The van der Waals surface area contributed by atoms with Gasteiger partial charge in [0.1, 0.15) is 0 Å². The van der Waals surface area contributed by atoms with E-state index in [4.69, 9.17) is 9.94 Å². The Morgan fingerprint density at radius 1 is 1.15 bits per heavy atom. The highest BCUT2D eigenvalue weighted by molar-refractivity contribution is 7.96. The summed E-state index contributed by atoms with van der Waals surface area (Å²) in [5, 5.41) is 11.9. The lowest BCUT2D eigenvalue weighted by Crippen LogP contribution is -2.48. The molecule has 0 radical (unpaired) electrons. The number of ether oxygens (including phenoxy) is 1. The van der Waals surface area contributed by atoms with Crippen LogP contribution < -0.4 is 10.8 Å². The molecular weight excluding hydrogens is 536 g/mol. The molecule has 2 fully saturated rings. The Labute approximate surface area is 254 Å². The van der Waals surface area contributed by atoms with Crippen LogP contribution in [0.1, 0.15) is 103 Å². The topological polar surface area (TPSA) is 94.1 Å². The fraction of sp³-hybridized carbons (Fsp3) is 0.750. The van der Waals surface area contributed by atoms with Gasteiger partial charge < -0.3 is 15.0 Å². The van der Waals surface area contributed by atoms with Gasteiger partial charge in [0.05, 0.1) is 12.0 Å². The van der Waals surface area contributed by atoms with E-state index < -0.39 is 5.41 Å². The quantitative estimate of drug-likeness (QED) is 0.106. The predicted octanol–water partition coefficient (Wildman–Crippen LogP) is 6.77. The van der Waals surface area contributed by atoms with Gasteiger partial charge in [-0.15, -0.1) is 0 Å². The van der Waals surface area contributed by atoms with Crippen molar-refractivity contribution in [2.75, 3.05) is 51.6 Å². The Hall–Kier alpha value is -1.81. The van der Waals surface area contributed by atoms with Crippen molar-refractivity contribution in [2.24, 2.45) is 5.41 Å². The summed E-state index contributed by atoms with van der Waals surface area (Å²) in [6, 6.07) is 8.84. The zero-order chi connectivity index (χ0) is 30.5. The summed E-state index contributed by atoms with van der Waals surface area (Å²) in [5.74, 6) is 1.49. The zero-order valence-electron chi connectivity index (χ0n) is 26.7. The number of piperidine rings is 1. The van der Waals surface area contributed by atoms with Gasteiger partial charge >= 0.3 is 6.09 Å². The lowest BCUT2D eigenvalue weighted by atomic mass is 9.80. The minimum atomic E-state index is -0.602. The van der Waals surface area contributed by atoms with E-state index in [1.807, 2.05) is 18.9 Å². The Balaban J connectivity index is 0.000000349. The number of likely N-dealkylation sites (tertiary alicyclic amines) is 1. The maximum absolute atomic E-state index is 11.7. The molecule has 1 atom stereocenters. The number of unbranched alkanes of at least 4 members (excludes halogenated alkanes) is 1. The van der Waals surface area contributed by atoms with Crippen LogP contribution in [0.15, 0.2) is 24.3 Å². The number of hydroxylamine groups is 1. The van der Waals surface area contributed by atoms with Crippen LogP contribution in [-0.2, 0) is 9.53 Å². The number of hydrogen-bond donors (Lipinski definition) is 3. The maximum Gasteiger partial charge on any atom is 0.409 e. The third kappa shape index (κ3) is 14.3. The number of carbonyl (C=O) groups excluding carboxylic acids is 2. The van der Waals surface area contributed by atoms with E-state index in [9.17, 15) is 9.59 Å². The molecule has 9 heteroatoms. The number of rotatable bonds is 12. The van der Waals surface area contributed by atoms with E-state index in [0.717, 1.165) is 19.4 Å². The average molecular weight is 595 g/mol. The van der Waals surface area contributed by atoms with E-state index in [2.05, 4.69) is 61.6 Å². The van der Waals surface area contributed by atoms with Gasteiger partial charge in [-0.1, -0.05) is 77.3 Å². The van der Waals surface area contributed by atoms with E-state index in [1.54, 1.807) is 17.3 Å². The molecule has 2 amide bonds. The summed E-state index contributed by atoms with van der Waals surface area (Å²) in [7, 11) is 0. The van der Waals surface area contributed by atoms with Crippen LogP contribution in [0.3, 0.4) is 0 Å². The Kier molecular flexibility index (Phi) is 19.8. The third-order valence-corrected chi connectivity index (χ3v) is 9.03. The second-order valence-electron chi connectivity index (χ2n) is 11.1. The van der Waals surface area contributed by atoms with Gasteiger partial charge in [-0.2, -0.15) is 0 Å². The van der Waals surface area contributed by atoms with Crippen LogP contribution in [0.5, 0.6) is 0 Å². The number of amides is 2. The number of benzene rings is 1. The van der Waals surface area contributed by atoms with Crippen molar-refractivity contribution >= 4 is 23.9 Å². The van der Waals surface area contributed by atoms with Gasteiger partial charge in [-0.05, 0) is 82.0 Å². The lowest BCUT2D eigenvalue weighted by molar-refractivity contribution is -0.141. The monoisotopic (exact) mass is 594 g/mol. The van der Waals surface area contributed by atoms with Crippen molar-refractivity contribution in [3.05, 3.63) is 35.4 Å². The average Bonchev–Trinajstić information content (AvgIpc) is 3.58. The van der Waals surface area contributed by atoms with Crippen molar-refractivity contribution in [2.45, 2.75) is 98.8 Å². The highest BCUT2D eigenvalue weighted by Crippen LogP contribution is 2.31. The molecule has 2 aliphatic heterocycles. The first-order valence-electron chi connectivity index (χ1n) is 15.8. The van der Waals surface area contributed by atoms with E-state index in [0.29, 0.717) is 38.5 Å². The first kappa shape index (κ1) is 37.2. The predicted molar refractivity (Wildman–Crippen MR) is 171 cm³/mol. The number of aryl methyl sites for hydroxylation is 1. The highest BCUT2D eigenvalue weighted by Gasteiger charge is 2.38. The molecule has 2 heterocycles. The molecule has 8 nitrogen and oxygen atoms in total. The summed E-state index contributed by atoms with van der Waals surface area (Å²) in [4.78, 5) is 24.8. The standard InChI is InChI=1S/C16H27NS.C12H22N2O4.C4H9N/c1-5-15(12-13-17(6-2)18-7-3)16-11-9-8-10-14(16)4;1-3-4-9-18-11(16)14-7-5-12(2,6-8-14)10(15)13-17;1-2-4-5-3-1/h8-11,15H,5-7,12-13H2,1-4H3;17H,3-9H2,1-2H3,(H,13,15);5H,1-4H2. The smallest absolute Gasteiger partial charge is 0.409 e. The van der Waals surface area contributed by atoms with Gasteiger partial charge in [0.2, 0.25) is 5.91 Å². The molecule has 0 spiro atoms. The molecule has 1 unspecified atom stereocenters. The van der Waals surface area contributed by atoms with Crippen LogP contribution in [0, 0.1) is 12.3 Å². The van der Waals surface area contributed by atoms with Crippen molar-refractivity contribution in [3.63, 3.8) is 0 Å². The third-order valence-electron chi connectivity index (χ3n) is 7.97. The van der Waals surface area contributed by atoms with E-state index in [1.165, 1.54) is 62.2 Å². The fourth-order valence-electron chi connectivity index (χ4n) is 4.99. The van der Waals surface area contributed by atoms with Gasteiger partial charge in [0, 0.05) is 31.9 Å². The molecular formula is C32H58N4O4S. The summed E-state index contributed by atoms with van der Waals surface area (Å²) in [6.07, 6.45) is 7.88. The Morgan fingerprint density at radius 2 is 1.80 bits per heavy atom. The maximum atomic E-state index is 11.7. The van der Waals surface area contributed by atoms with Crippen LogP contribution in [0.25, 0.3) is 0 Å². The molecule has 1 aromatic carbocycles. The van der Waals surface area contributed by atoms with Crippen LogP contribution >= 0.6 is 11.9 Å². The van der Waals surface area contributed by atoms with E-state index >= 15 is 0 Å². The molecule has 1 aromatic rings. The Bertz CT molecular complexity index is 837. The normalized spacial score (nSPS) is 16.6. The minimum Gasteiger partial charge on any atom is -0.449 e. The van der Waals surface area contributed by atoms with Gasteiger partial charge in [0.25, 0.3) is 0 Å². The lowest BCUT2D eigenvalue weighted by Gasteiger charge is -2.36. The minimum absolute atomic E-state index is 0.310. The van der Waals surface area contributed by atoms with E-state index in [-0.39, 0.29) is 12.0 Å². The summed E-state index contributed by atoms with van der Waals surface area (Å²) in [5.41, 5.74) is 4.06. The van der Waals surface area contributed by atoms with Crippen LogP contribution in [0.2, 0.25) is 0 Å². The number of carbonyl (C=O) groups is 2. The molecule has 0 aromatic heterocycles. The van der Waals surface area contributed by atoms with Crippen LogP contribution in [-0.4, -0.2) is 78.0 Å². The first-order valence-corrected chi connectivity index (χ1v) is 16.7. The van der Waals surface area contributed by atoms with Crippen molar-refractivity contribution in [1.29, 1.82) is 0 Å². The first-order chi connectivity index (χ1) is 19.8. The molecule has 2 aliphatic rings. The number of nitrogens with one attached hydrogen (secondary N) is 2. The largest absolute Gasteiger partial charge is 0.449 e. The molecule has 3 rings (SSSR count). The van der Waals surface area contributed by atoms with Gasteiger partial charge in [-0.25, -0.2) is 10.3 Å². The molecule has 3 N–H and O–H groups in total. The van der Waals surface area contributed by atoms with Crippen molar-refractivity contribution in [1.82, 2.24) is 20.0 Å². The summed E-state index contributed by atoms with van der Waals surface area (Å²) in [6.45, 7) is 19.1. The summed E-state index contributed by atoms with van der Waals surface area (Å²) >= 11 is 1.96. The zero-order valence-corrected chi connectivity index (χ0v) is 27.5. The molecule has 0 aliphatic carbocycles. The number of hydrogen-bond acceptors (Lipinski definition) is 7. The SMILES string of the molecule is C1CCNC1.CCCCOC(=O)N1CCC(C)(C(=O)NO)CC1.CCSN(CC)CCC(CC)c1ccccc1C. The van der Waals surface area contributed by atoms with Crippen molar-refractivity contribution < 1.29 is 19.5 Å². The van der Waals surface area contributed by atoms with Crippen LogP contribution in [0.4, 0.5) is 4.79 Å². The van der Waals surface area contributed by atoms with Gasteiger partial charge in [-0.3, -0.25) is 14.3 Å². The highest BCUT2D eigenvalue weighted by atomic mass is 32.2. The molecule has 41 heavy (non-hydrogen) atoms. The molecule has 0 bridgehead atoms. The second-order valence-corrected chi connectivity index (χ2v) is 12.5. The van der Waals surface area contributed by atoms with Gasteiger partial charge in [0.15, 0.2) is 0 Å². The fourth-order valence-corrected chi connectivity index (χ4v) is 5.77. The second kappa shape index (κ2) is 21.8. The number of nitrogens with zero attached hydrogens (tertiary/aromatic N) is 2.